The number of amides is 1. The summed E-state index contributed by atoms with van der Waals surface area (Å²) in [5, 5.41) is 3.31. The first kappa shape index (κ1) is 18.1. The van der Waals surface area contributed by atoms with Crippen LogP contribution in [0.2, 0.25) is 0 Å². The van der Waals surface area contributed by atoms with Crippen LogP contribution in [0.3, 0.4) is 0 Å². The lowest BCUT2D eigenvalue weighted by atomic mass is 10.1. The van der Waals surface area contributed by atoms with Crippen molar-refractivity contribution in [2.45, 2.75) is 11.8 Å². The Kier molecular flexibility index (Phi) is 5.32. The maximum atomic E-state index is 12.9. The molecule has 6 heteroatoms. The molecule has 0 radical (unpaired) electrons. The van der Waals surface area contributed by atoms with Crippen molar-refractivity contribution in [3.05, 3.63) is 64.4 Å². The molecule has 0 unspecified atom stereocenters. The van der Waals surface area contributed by atoms with Crippen LogP contribution >= 0.6 is 11.8 Å². The zero-order chi connectivity index (χ0) is 18.7. The van der Waals surface area contributed by atoms with Crippen LogP contribution in [0.1, 0.15) is 17.3 Å². The van der Waals surface area contributed by atoms with Crippen LogP contribution in [0.4, 0.5) is 5.69 Å². The lowest BCUT2D eigenvalue weighted by Gasteiger charge is -2.12. The number of nitrogens with one attached hydrogen (secondary N) is 1. The van der Waals surface area contributed by atoms with Crippen molar-refractivity contribution in [2.75, 3.05) is 18.2 Å². The smallest absolute Gasteiger partial charge is 0.261 e. The zero-order valence-corrected chi connectivity index (χ0v) is 15.7. The molecule has 3 rings (SSSR count). The van der Waals surface area contributed by atoms with Crippen LogP contribution in [-0.4, -0.2) is 23.3 Å². The van der Waals surface area contributed by atoms with Gasteiger partial charge in [-0.05, 0) is 43.5 Å². The minimum absolute atomic E-state index is 0.101. The van der Waals surface area contributed by atoms with E-state index < -0.39 is 5.91 Å². The highest BCUT2D eigenvalue weighted by atomic mass is 32.2. The number of pyridine rings is 1. The van der Waals surface area contributed by atoms with Gasteiger partial charge in [0.05, 0.1) is 23.2 Å². The molecule has 0 aliphatic rings. The van der Waals surface area contributed by atoms with Gasteiger partial charge in [0, 0.05) is 18.1 Å². The van der Waals surface area contributed by atoms with E-state index in [4.69, 9.17) is 4.74 Å². The highest BCUT2D eigenvalue weighted by Crippen LogP contribution is 2.25. The summed E-state index contributed by atoms with van der Waals surface area (Å²) in [6.07, 6.45) is 3.51. The standard InChI is InChI=1S/C20H20N2O3S/c1-4-25-13-9-10-17-14(11-13)19(23)15(12-22(17)2)20(24)21-16-7-5-6-8-18(16)26-3/h5-12H,4H2,1-3H3,(H,21,24). The van der Waals surface area contributed by atoms with Crippen molar-refractivity contribution in [3.63, 3.8) is 0 Å². The van der Waals surface area contributed by atoms with Gasteiger partial charge in [0.15, 0.2) is 0 Å². The number of ether oxygens (including phenoxy) is 1. The van der Waals surface area contributed by atoms with Gasteiger partial charge >= 0.3 is 0 Å². The number of carbonyl (C=O) groups is 1. The summed E-state index contributed by atoms with van der Waals surface area (Å²) in [4.78, 5) is 26.6. The summed E-state index contributed by atoms with van der Waals surface area (Å²) in [7, 11) is 1.81. The number of benzene rings is 2. The monoisotopic (exact) mass is 368 g/mol. The molecule has 1 N–H and O–H groups in total. The molecule has 0 spiro atoms. The fourth-order valence-electron chi connectivity index (χ4n) is 2.83. The molecule has 0 atom stereocenters. The maximum absolute atomic E-state index is 12.9. The number of anilines is 1. The molecule has 1 amide bonds. The molecule has 0 aliphatic heterocycles. The number of nitrogens with zero attached hydrogens (tertiary/aromatic N) is 1. The van der Waals surface area contributed by atoms with Crippen LogP contribution in [0.25, 0.3) is 10.9 Å². The molecule has 0 aliphatic carbocycles. The number of fused-ring (bicyclic) bond motifs is 1. The van der Waals surface area contributed by atoms with Gasteiger partial charge in [0.25, 0.3) is 5.91 Å². The third-order valence-electron chi connectivity index (χ3n) is 4.07. The zero-order valence-electron chi connectivity index (χ0n) is 14.9. The minimum atomic E-state index is -0.421. The fraction of sp³-hybridized carbons (Fsp3) is 0.200. The van der Waals surface area contributed by atoms with Gasteiger partial charge < -0.3 is 14.6 Å². The van der Waals surface area contributed by atoms with Gasteiger partial charge in [-0.2, -0.15) is 0 Å². The predicted octanol–water partition coefficient (Wildman–Crippen LogP) is 3.91. The number of thioether (sulfide) groups is 1. The Morgan fingerprint density at radius 3 is 2.73 bits per heavy atom. The first-order valence-electron chi connectivity index (χ1n) is 8.25. The van der Waals surface area contributed by atoms with E-state index >= 15 is 0 Å². The normalized spacial score (nSPS) is 10.7. The van der Waals surface area contributed by atoms with Crippen LogP contribution in [-0.2, 0) is 7.05 Å². The van der Waals surface area contributed by atoms with E-state index in [1.165, 1.54) is 11.8 Å². The van der Waals surface area contributed by atoms with Crippen molar-refractivity contribution in [3.8, 4) is 5.75 Å². The highest BCUT2D eigenvalue weighted by Gasteiger charge is 2.16. The molecule has 26 heavy (non-hydrogen) atoms. The van der Waals surface area contributed by atoms with Crippen LogP contribution in [0, 0.1) is 0 Å². The number of para-hydroxylation sites is 1. The number of hydrogen-bond donors (Lipinski definition) is 1. The molecule has 5 nitrogen and oxygen atoms in total. The maximum Gasteiger partial charge on any atom is 0.261 e. The van der Waals surface area contributed by atoms with E-state index in [0.717, 1.165) is 10.4 Å². The van der Waals surface area contributed by atoms with E-state index in [1.54, 1.807) is 16.8 Å². The summed E-state index contributed by atoms with van der Waals surface area (Å²) in [6, 6.07) is 12.8. The SMILES string of the molecule is CCOc1ccc2c(c1)c(=O)c(C(=O)Nc1ccccc1SC)cn2C. The van der Waals surface area contributed by atoms with Crippen LogP contribution in [0.15, 0.2) is 58.4 Å². The molecule has 0 saturated heterocycles. The third kappa shape index (κ3) is 3.46. The molecule has 1 heterocycles. The van der Waals surface area contributed by atoms with Crippen molar-refractivity contribution in [1.82, 2.24) is 4.57 Å². The number of rotatable bonds is 5. The Morgan fingerprint density at radius 2 is 2.00 bits per heavy atom. The van der Waals surface area contributed by atoms with E-state index in [2.05, 4.69) is 5.32 Å². The van der Waals surface area contributed by atoms with Crippen molar-refractivity contribution in [1.29, 1.82) is 0 Å². The van der Waals surface area contributed by atoms with E-state index in [0.29, 0.717) is 23.4 Å². The number of carbonyl (C=O) groups excluding carboxylic acids is 1. The molecule has 2 aromatic carbocycles. The fourth-order valence-corrected chi connectivity index (χ4v) is 3.38. The number of hydrogen-bond acceptors (Lipinski definition) is 4. The van der Waals surface area contributed by atoms with E-state index in [9.17, 15) is 9.59 Å². The van der Waals surface area contributed by atoms with Gasteiger partial charge in [-0.15, -0.1) is 11.8 Å². The van der Waals surface area contributed by atoms with E-state index in [-0.39, 0.29) is 11.0 Å². The largest absolute Gasteiger partial charge is 0.494 e. The minimum Gasteiger partial charge on any atom is -0.494 e. The van der Waals surface area contributed by atoms with E-state index in [1.807, 2.05) is 56.6 Å². The van der Waals surface area contributed by atoms with Gasteiger partial charge in [-0.3, -0.25) is 9.59 Å². The highest BCUT2D eigenvalue weighted by molar-refractivity contribution is 7.98. The van der Waals surface area contributed by atoms with Crippen LogP contribution in [0.5, 0.6) is 5.75 Å². The second-order valence-electron chi connectivity index (χ2n) is 5.75. The predicted molar refractivity (Wildman–Crippen MR) is 107 cm³/mol. The Morgan fingerprint density at radius 1 is 1.23 bits per heavy atom. The van der Waals surface area contributed by atoms with Gasteiger partial charge in [-0.1, -0.05) is 12.1 Å². The Balaban J connectivity index is 2.05. The topological polar surface area (TPSA) is 60.3 Å². The van der Waals surface area contributed by atoms with Gasteiger partial charge in [0.2, 0.25) is 5.43 Å². The van der Waals surface area contributed by atoms with Crippen molar-refractivity contribution in [2.24, 2.45) is 7.05 Å². The molecule has 0 fully saturated rings. The molecular weight excluding hydrogens is 348 g/mol. The number of aryl methyl sites for hydroxylation is 1. The van der Waals surface area contributed by atoms with Gasteiger partial charge in [0.1, 0.15) is 11.3 Å². The molecule has 3 aromatic rings. The second kappa shape index (κ2) is 7.66. The van der Waals surface area contributed by atoms with Crippen molar-refractivity contribution >= 4 is 34.3 Å². The second-order valence-corrected chi connectivity index (χ2v) is 6.60. The quantitative estimate of drug-likeness (QED) is 0.694. The average Bonchev–Trinajstić information content (AvgIpc) is 2.65. The lowest BCUT2D eigenvalue weighted by molar-refractivity contribution is 0.102. The summed E-state index contributed by atoms with van der Waals surface area (Å²) < 4.78 is 7.26. The Bertz CT molecular complexity index is 1030. The first-order valence-corrected chi connectivity index (χ1v) is 9.48. The Hall–Kier alpha value is -2.73. The van der Waals surface area contributed by atoms with Crippen LogP contribution < -0.4 is 15.5 Å². The number of aromatic nitrogens is 1. The van der Waals surface area contributed by atoms with Crippen molar-refractivity contribution < 1.29 is 9.53 Å². The first-order chi connectivity index (χ1) is 12.5. The molecule has 134 valence electrons. The molecule has 1 aromatic heterocycles. The lowest BCUT2D eigenvalue weighted by Crippen LogP contribution is -2.23. The third-order valence-corrected chi connectivity index (χ3v) is 4.87. The molecular formula is C20H20N2O3S. The molecule has 0 saturated carbocycles. The molecule has 0 bridgehead atoms. The summed E-state index contributed by atoms with van der Waals surface area (Å²) in [6.45, 7) is 2.40. The Labute approximate surface area is 156 Å². The average molecular weight is 368 g/mol. The summed E-state index contributed by atoms with van der Waals surface area (Å²) in [5.74, 6) is 0.193. The summed E-state index contributed by atoms with van der Waals surface area (Å²) in [5.41, 5.74) is 1.23. The summed E-state index contributed by atoms with van der Waals surface area (Å²) >= 11 is 1.54. The van der Waals surface area contributed by atoms with Gasteiger partial charge in [-0.25, -0.2) is 0 Å².